The highest BCUT2D eigenvalue weighted by Gasteiger charge is 2.22. The molecule has 0 radical (unpaired) electrons. The van der Waals surface area contributed by atoms with Crippen molar-refractivity contribution in [1.29, 1.82) is 0 Å². The van der Waals surface area contributed by atoms with Crippen molar-refractivity contribution in [3.63, 3.8) is 0 Å². The zero-order chi connectivity index (χ0) is 23.8. The number of carbonyl (C=O) groups is 1. The third-order valence-electron chi connectivity index (χ3n) is 7.65. The van der Waals surface area contributed by atoms with E-state index in [-0.39, 0.29) is 5.91 Å². The first-order valence-corrected chi connectivity index (χ1v) is 12.9. The second-order valence-electron chi connectivity index (χ2n) is 10.0. The lowest BCUT2D eigenvalue weighted by Crippen LogP contribution is -2.38. The number of amides is 1. The number of aromatic nitrogens is 1. The highest BCUT2D eigenvalue weighted by molar-refractivity contribution is 6.08. The maximum absolute atomic E-state index is 13.4. The predicted octanol–water partition coefficient (Wildman–Crippen LogP) is 4.22. The summed E-state index contributed by atoms with van der Waals surface area (Å²) in [7, 11) is 0. The Morgan fingerprint density at radius 2 is 1.71 bits per heavy atom. The van der Waals surface area contributed by atoms with Crippen LogP contribution < -0.4 is 15.1 Å². The first kappa shape index (κ1) is 22.4. The molecule has 1 aromatic heterocycles. The lowest BCUT2D eigenvalue weighted by molar-refractivity contribution is 0.102. The number of hydrogen-bond acceptors (Lipinski definition) is 5. The molecule has 1 unspecified atom stereocenters. The summed E-state index contributed by atoms with van der Waals surface area (Å²) in [5.74, 6) is 0.611. The summed E-state index contributed by atoms with van der Waals surface area (Å²) in [5, 5.41) is 4.42. The van der Waals surface area contributed by atoms with Crippen LogP contribution in [0.2, 0.25) is 0 Å². The number of morpholine rings is 2. The van der Waals surface area contributed by atoms with Crippen molar-refractivity contribution in [2.45, 2.75) is 26.2 Å². The average molecular weight is 475 g/mol. The lowest BCUT2D eigenvalue weighted by Gasteiger charge is -2.33. The van der Waals surface area contributed by atoms with E-state index in [2.05, 4.69) is 51.3 Å². The predicted molar refractivity (Wildman–Crippen MR) is 140 cm³/mol. The molecule has 2 aromatic carbocycles. The number of rotatable bonds is 4. The van der Waals surface area contributed by atoms with E-state index in [1.165, 1.54) is 28.8 Å². The summed E-state index contributed by atoms with van der Waals surface area (Å²) in [5.41, 5.74) is 7.62. The van der Waals surface area contributed by atoms with Crippen molar-refractivity contribution >= 4 is 33.9 Å². The molecule has 6 rings (SSSR count). The molecule has 35 heavy (non-hydrogen) atoms. The number of anilines is 3. The van der Waals surface area contributed by atoms with Gasteiger partial charge < -0.3 is 29.6 Å². The van der Waals surface area contributed by atoms with Crippen LogP contribution >= 0.6 is 0 Å². The van der Waals surface area contributed by atoms with E-state index in [0.29, 0.717) is 24.7 Å². The minimum Gasteiger partial charge on any atom is -0.378 e. The van der Waals surface area contributed by atoms with Gasteiger partial charge in [0.15, 0.2) is 0 Å². The highest BCUT2D eigenvalue weighted by Crippen LogP contribution is 2.34. The number of hydrogen-bond donors (Lipinski definition) is 2. The SMILES string of the molecule is CC1CCc2[nH]c3ccc(C(=O)Nc4ccc(N5CCOCC5)cc4N4CCOCC4)cc3c2C1. The number of aryl methyl sites for hydroxylation is 1. The van der Waals surface area contributed by atoms with E-state index in [1.807, 2.05) is 12.1 Å². The van der Waals surface area contributed by atoms with Gasteiger partial charge in [-0.05, 0) is 67.1 Å². The van der Waals surface area contributed by atoms with Gasteiger partial charge in [-0.1, -0.05) is 6.92 Å². The Balaban J connectivity index is 1.30. The average Bonchev–Trinajstić information content (AvgIpc) is 3.27. The van der Waals surface area contributed by atoms with Crippen LogP contribution in [0.5, 0.6) is 0 Å². The van der Waals surface area contributed by atoms with Gasteiger partial charge in [0, 0.05) is 54.0 Å². The maximum atomic E-state index is 13.4. The summed E-state index contributed by atoms with van der Waals surface area (Å²) < 4.78 is 11.1. The van der Waals surface area contributed by atoms with E-state index < -0.39 is 0 Å². The van der Waals surface area contributed by atoms with Gasteiger partial charge in [0.2, 0.25) is 0 Å². The molecule has 3 aromatic rings. The van der Waals surface area contributed by atoms with Gasteiger partial charge in [-0.2, -0.15) is 0 Å². The fraction of sp³-hybridized carbons (Fsp3) is 0.464. The van der Waals surface area contributed by atoms with Crippen molar-refractivity contribution in [2.24, 2.45) is 5.92 Å². The quantitative estimate of drug-likeness (QED) is 0.593. The Morgan fingerprint density at radius 3 is 2.49 bits per heavy atom. The molecule has 2 saturated heterocycles. The van der Waals surface area contributed by atoms with Gasteiger partial charge in [-0.3, -0.25) is 4.79 Å². The van der Waals surface area contributed by atoms with Crippen LogP contribution in [0, 0.1) is 5.92 Å². The molecule has 184 valence electrons. The van der Waals surface area contributed by atoms with E-state index in [4.69, 9.17) is 9.47 Å². The zero-order valence-corrected chi connectivity index (χ0v) is 20.4. The van der Waals surface area contributed by atoms with Crippen molar-refractivity contribution < 1.29 is 14.3 Å². The smallest absolute Gasteiger partial charge is 0.255 e. The van der Waals surface area contributed by atoms with Crippen LogP contribution in [0.1, 0.15) is 35.0 Å². The number of carbonyl (C=O) groups excluding carboxylic acids is 1. The fourth-order valence-electron chi connectivity index (χ4n) is 5.64. The number of H-pyrrole nitrogens is 1. The van der Waals surface area contributed by atoms with Crippen molar-refractivity contribution in [2.75, 3.05) is 67.7 Å². The molecule has 2 aliphatic heterocycles. The van der Waals surface area contributed by atoms with Gasteiger partial charge >= 0.3 is 0 Å². The Hall–Kier alpha value is -3.03. The molecule has 7 heteroatoms. The van der Waals surface area contributed by atoms with E-state index in [0.717, 1.165) is 69.1 Å². The highest BCUT2D eigenvalue weighted by atomic mass is 16.5. The topological polar surface area (TPSA) is 69.8 Å². The third-order valence-corrected chi connectivity index (χ3v) is 7.65. The van der Waals surface area contributed by atoms with E-state index >= 15 is 0 Å². The maximum Gasteiger partial charge on any atom is 0.255 e. The third kappa shape index (κ3) is 4.50. The molecule has 1 amide bonds. The van der Waals surface area contributed by atoms with Gasteiger partial charge in [0.05, 0.1) is 37.8 Å². The molecular weight excluding hydrogens is 440 g/mol. The summed E-state index contributed by atoms with van der Waals surface area (Å²) in [6.45, 7) is 8.59. The molecule has 2 N–H and O–H groups in total. The number of nitrogens with zero attached hydrogens (tertiary/aromatic N) is 2. The largest absolute Gasteiger partial charge is 0.378 e. The van der Waals surface area contributed by atoms with E-state index in [9.17, 15) is 4.79 Å². The van der Waals surface area contributed by atoms with Gasteiger partial charge in [0.25, 0.3) is 5.91 Å². The normalized spacial score (nSPS) is 20.7. The molecular formula is C28H34N4O3. The molecule has 0 spiro atoms. The summed E-state index contributed by atoms with van der Waals surface area (Å²) in [4.78, 5) is 21.7. The minimum atomic E-state index is -0.0701. The first-order valence-electron chi connectivity index (χ1n) is 12.9. The monoisotopic (exact) mass is 474 g/mol. The summed E-state index contributed by atoms with van der Waals surface area (Å²) >= 11 is 0. The molecule has 7 nitrogen and oxygen atoms in total. The molecule has 0 bridgehead atoms. The van der Waals surface area contributed by atoms with Gasteiger partial charge in [0.1, 0.15) is 0 Å². The summed E-state index contributed by atoms with van der Waals surface area (Å²) in [6, 6.07) is 12.4. The van der Waals surface area contributed by atoms with Crippen LogP contribution in [-0.4, -0.2) is 63.5 Å². The molecule has 3 aliphatic rings. The van der Waals surface area contributed by atoms with Gasteiger partial charge in [-0.15, -0.1) is 0 Å². The second-order valence-corrected chi connectivity index (χ2v) is 10.0. The Kier molecular flexibility index (Phi) is 6.12. The summed E-state index contributed by atoms with van der Waals surface area (Å²) in [6.07, 6.45) is 3.38. The molecule has 1 aliphatic carbocycles. The number of ether oxygens (including phenoxy) is 2. The van der Waals surface area contributed by atoms with Crippen LogP contribution in [0.3, 0.4) is 0 Å². The van der Waals surface area contributed by atoms with Crippen LogP contribution in [0.15, 0.2) is 36.4 Å². The van der Waals surface area contributed by atoms with Crippen molar-refractivity contribution in [1.82, 2.24) is 4.98 Å². The standard InChI is InChI=1S/C28H34N4O3/c1-19-2-5-24-22(16-19)23-17-20(3-6-25(23)29-24)28(33)30-26-7-4-21(31-8-12-34-13-9-31)18-27(26)32-10-14-35-15-11-32/h3-4,6-7,17-19,29H,2,5,8-16H2,1H3,(H,30,33). The van der Waals surface area contributed by atoms with E-state index in [1.54, 1.807) is 0 Å². The van der Waals surface area contributed by atoms with Crippen LogP contribution in [0.4, 0.5) is 17.1 Å². The molecule has 0 saturated carbocycles. The molecule has 3 heterocycles. The zero-order valence-electron chi connectivity index (χ0n) is 20.4. The van der Waals surface area contributed by atoms with Crippen LogP contribution in [0.25, 0.3) is 10.9 Å². The molecule has 1 atom stereocenters. The minimum absolute atomic E-state index is 0.0701. The van der Waals surface area contributed by atoms with Gasteiger partial charge in [-0.25, -0.2) is 0 Å². The number of fused-ring (bicyclic) bond motifs is 3. The Labute approximate surface area is 206 Å². The first-order chi connectivity index (χ1) is 17.2. The van der Waals surface area contributed by atoms with Crippen molar-refractivity contribution in [3.05, 3.63) is 53.2 Å². The second kappa shape index (κ2) is 9.55. The number of aromatic amines is 1. The fourth-order valence-corrected chi connectivity index (χ4v) is 5.64. The van der Waals surface area contributed by atoms with Crippen LogP contribution in [-0.2, 0) is 22.3 Å². The Bertz CT molecular complexity index is 1220. The lowest BCUT2D eigenvalue weighted by atomic mass is 9.87. The molecule has 2 fully saturated rings. The van der Waals surface area contributed by atoms with Crippen molar-refractivity contribution in [3.8, 4) is 0 Å². The Morgan fingerprint density at radius 1 is 0.971 bits per heavy atom. The number of benzene rings is 2. The number of nitrogens with one attached hydrogen (secondary N) is 2.